The van der Waals surface area contributed by atoms with Crippen LogP contribution in [0, 0.1) is 33.5 Å². The van der Waals surface area contributed by atoms with Crippen molar-refractivity contribution in [3.05, 3.63) is 64.6 Å². The Morgan fingerprint density at radius 1 is 1.24 bits per heavy atom. The van der Waals surface area contributed by atoms with Crippen LogP contribution < -0.4 is 21.6 Å². The number of anilines is 2. The van der Waals surface area contributed by atoms with Gasteiger partial charge in [0.2, 0.25) is 0 Å². The molecular weight excluding hydrogens is 496 g/mol. The van der Waals surface area contributed by atoms with E-state index >= 15 is 0 Å². The molecule has 0 amide bonds. The highest BCUT2D eigenvalue weighted by Crippen LogP contribution is 2.40. The van der Waals surface area contributed by atoms with Crippen LogP contribution in [0.5, 0.6) is 0 Å². The lowest BCUT2D eigenvalue weighted by Gasteiger charge is -2.38. The van der Waals surface area contributed by atoms with Crippen LogP contribution in [-0.4, -0.2) is 28.6 Å². The molecule has 1 unspecified atom stereocenters. The van der Waals surface area contributed by atoms with E-state index < -0.39 is 0 Å². The second kappa shape index (κ2) is 9.87. The fourth-order valence-corrected chi connectivity index (χ4v) is 4.98. The minimum Gasteiger partial charge on any atom is -0.383 e. The van der Waals surface area contributed by atoms with Gasteiger partial charge in [-0.1, -0.05) is 51.4 Å². The highest BCUT2D eigenvalue weighted by Gasteiger charge is 2.39. The van der Waals surface area contributed by atoms with Crippen molar-refractivity contribution in [2.24, 2.45) is 10.8 Å². The molecule has 8 nitrogen and oxygen atoms in total. The SMILES string of the molecule is CC(C)(C)CNc1c(C#N)cnc2c(C#N)cc(N[C@H](C3=CN(C4CC4)NN3)C3(C)C=CC(Cl)=CC3)cc12. The van der Waals surface area contributed by atoms with Crippen LogP contribution in [0.4, 0.5) is 11.4 Å². The number of aromatic nitrogens is 1. The predicted molar refractivity (Wildman–Crippen MR) is 152 cm³/mol. The van der Waals surface area contributed by atoms with Gasteiger partial charge >= 0.3 is 0 Å². The molecule has 2 heterocycles. The Hall–Kier alpha value is -3.72. The second-order valence-electron chi connectivity index (χ2n) is 11.8. The monoisotopic (exact) mass is 528 g/mol. The number of nitrogens with zero attached hydrogens (tertiary/aromatic N) is 4. The standard InChI is InChI=1S/C29H33ClN8/c1-28(2,3)17-34-26-19(14-32)15-33-25-18(13-31)11-21(12-23(25)26)35-27(29(4)9-7-20(30)8-10-29)24-16-38(37-36-24)22-5-6-22/h7-9,11-12,15-16,22,27,35-37H,5-6,10,17H2,1-4H3,(H,33,34)/t27-,29?/m1/s1. The van der Waals surface area contributed by atoms with Crippen LogP contribution in [0.3, 0.4) is 0 Å². The van der Waals surface area contributed by atoms with E-state index in [2.05, 4.69) is 83.7 Å². The third-order valence-corrected chi connectivity index (χ3v) is 7.48. The first-order valence-corrected chi connectivity index (χ1v) is 13.3. The largest absolute Gasteiger partial charge is 0.383 e. The van der Waals surface area contributed by atoms with Gasteiger partial charge in [-0.25, -0.2) is 0 Å². The summed E-state index contributed by atoms with van der Waals surface area (Å²) in [5.74, 6) is 0. The number of pyridine rings is 1. The molecule has 9 heteroatoms. The van der Waals surface area contributed by atoms with Gasteiger partial charge in [0.1, 0.15) is 12.1 Å². The van der Waals surface area contributed by atoms with Crippen LogP contribution in [0.1, 0.15) is 58.1 Å². The van der Waals surface area contributed by atoms with Gasteiger partial charge in [-0.3, -0.25) is 9.99 Å². The molecular formula is C29H33ClN8. The highest BCUT2D eigenvalue weighted by molar-refractivity contribution is 6.31. The first kappa shape index (κ1) is 25.9. The first-order chi connectivity index (χ1) is 18.1. The molecule has 38 heavy (non-hydrogen) atoms. The predicted octanol–water partition coefficient (Wildman–Crippen LogP) is 5.63. The fraction of sp³-hybridized carbons (Fsp3) is 0.414. The lowest BCUT2D eigenvalue weighted by molar-refractivity contribution is 0.258. The maximum absolute atomic E-state index is 10.0. The van der Waals surface area contributed by atoms with E-state index in [1.54, 1.807) is 6.20 Å². The number of hydrazine groups is 2. The summed E-state index contributed by atoms with van der Waals surface area (Å²) in [7, 11) is 0. The Balaban J connectivity index is 1.58. The fourth-order valence-electron chi connectivity index (χ4n) is 4.84. The minimum absolute atomic E-state index is 0.000910. The smallest absolute Gasteiger partial charge is 0.103 e. The van der Waals surface area contributed by atoms with E-state index in [4.69, 9.17) is 11.6 Å². The Morgan fingerprint density at radius 3 is 2.63 bits per heavy atom. The zero-order chi connectivity index (χ0) is 27.1. The number of nitriles is 2. The normalized spacial score (nSPS) is 21.7. The zero-order valence-electron chi connectivity index (χ0n) is 22.2. The molecule has 0 saturated heterocycles. The van der Waals surface area contributed by atoms with Crippen LogP contribution in [-0.2, 0) is 0 Å². The molecule has 0 bridgehead atoms. The number of halogens is 1. The topological polar surface area (TPSA) is 112 Å². The number of hydrogen-bond acceptors (Lipinski definition) is 8. The second-order valence-corrected chi connectivity index (χ2v) is 12.2. The van der Waals surface area contributed by atoms with Crippen LogP contribution in [0.2, 0.25) is 0 Å². The Morgan fingerprint density at radius 2 is 2.00 bits per heavy atom. The summed E-state index contributed by atoms with van der Waals surface area (Å²) in [6, 6.07) is 8.74. The van der Waals surface area contributed by atoms with E-state index in [0.717, 1.165) is 28.2 Å². The van der Waals surface area contributed by atoms with Crippen molar-refractivity contribution in [2.45, 2.75) is 59.0 Å². The Kier molecular flexibility index (Phi) is 6.73. The molecule has 1 aliphatic heterocycles. The third kappa shape index (κ3) is 5.29. The number of hydrogen-bond donors (Lipinski definition) is 4. The molecule has 196 valence electrons. The number of nitrogens with one attached hydrogen (secondary N) is 4. The van der Waals surface area contributed by atoms with Crippen molar-refractivity contribution in [3.63, 3.8) is 0 Å². The van der Waals surface area contributed by atoms with Crippen LogP contribution in [0.25, 0.3) is 10.9 Å². The average Bonchev–Trinajstić information content (AvgIpc) is 3.63. The molecule has 5 rings (SSSR count). The van der Waals surface area contributed by atoms with E-state index in [1.807, 2.05) is 24.3 Å². The van der Waals surface area contributed by atoms with Gasteiger partial charge in [0.15, 0.2) is 0 Å². The van der Waals surface area contributed by atoms with Crippen molar-refractivity contribution in [1.29, 1.82) is 10.5 Å². The number of benzene rings is 1. The molecule has 4 N–H and O–H groups in total. The molecule has 1 saturated carbocycles. The third-order valence-electron chi connectivity index (χ3n) is 7.20. The van der Waals surface area contributed by atoms with E-state index in [0.29, 0.717) is 34.9 Å². The summed E-state index contributed by atoms with van der Waals surface area (Å²) >= 11 is 6.28. The lowest BCUT2D eigenvalue weighted by Crippen LogP contribution is -2.45. The maximum Gasteiger partial charge on any atom is 0.103 e. The quantitative estimate of drug-likeness (QED) is 0.365. The van der Waals surface area contributed by atoms with E-state index in [1.165, 1.54) is 12.8 Å². The Labute approximate surface area is 229 Å². The number of fused-ring (bicyclic) bond motifs is 1. The molecule has 1 aromatic carbocycles. The van der Waals surface area contributed by atoms with Crippen molar-refractivity contribution in [2.75, 3.05) is 17.2 Å². The molecule has 0 spiro atoms. The van der Waals surface area contributed by atoms with Gasteiger partial charge in [-0.2, -0.15) is 10.5 Å². The lowest BCUT2D eigenvalue weighted by atomic mass is 9.75. The van der Waals surface area contributed by atoms with Gasteiger partial charge in [0.05, 0.1) is 34.1 Å². The van der Waals surface area contributed by atoms with Crippen molar-refractivity contribution in [1.82, 2.24) is 21.0 Å². The van der Waals surface area contributed by atoms with Crippen molar-refractivity contribution < 1.29 is 0 Å². The molecule has 1 fully saturated rings. The summed E-state index contributed by atoms with van der Waals surface area (Å²) in [5, 5.41) is 30.6. The molecule has 2 atom stereocenters. The Bertz CT molecular complexity index is 1430. The molecule has 0 radical (unpaired) electrons. The minimum atomic E-state index is -0.291. The first-order valence-electron chi connectivity index (χ1n) is 12.9. The molecule has 2 aromatic rings. The average molecular weight is 529 g/mol. The molecule has 1 aromatic heterocycles. The van der Waals surface area contributed by atoms with Gasteiger partial charge in [0.25, 0.3) is 0 Å². The molecule has 3 aliphatic rings. The summed E-state index contributed by atoms with van der Waals surface area (Å²) in [4.78, 5) is 4.49. The molecule has 2 aliphatic carbocycles. The number of rotatable bonds is 7. The van der Waals surface area contributed by atoms with Gasteiger partial charge in [-0.05, 0) is 42.9 Å². The van der Waals surface area contributed by atoms with E-state index in [9.17, 15) is 10.5 Å². The van der Waals surface area contributed by atoms with Gasteiger partial charge in [0, 0.05) is 46.5 Å². The highest BCUT2D eigenvalue weighted by atomic mass is 35.5. The summed E-state index contributed by atoms with van der Waals surface area (Å²) in [5.41, 5.74) is 10.3. The zero-order valence-corrected chi connectivity index (χ0v) is 22.9. The van der Waals surface area contributed by atoms with E-state index in [-0.39, 0.29) is 16.9 Å². The van der Waals surface area contributed by atoms with Crippen LogP contribution >= 0.6 is 11.6 Å². The maximum atomic E-state index is 10.0. The van der Waals surface area contributed by atoms with Crippen molar-refractivity contribution in [3.8, 4) is 12.1 Å². The van der Waals surface area contributed by atoms with Gasteiger partial charge < -0.3 is 16.1 Å². The van der Waals surface area contributed by atoms with Gasteiger partial charge in [-0.15, -0.1) is 5.53 Å². The van der Waals surface area contributed by atoms with Crippen molar-refractivity contribution >= 4 is 33.9 Å². The number of allylic oxidation sites excluding steroid dienone is 3. The summed E-state index contributed by atoms with van der Waals surface area (Å²) in [6.07, 6.45) is 12.9. The summed E-state index contributed by atoms with van der Waals surface area (Å²) in [6.45, 7) is 9.26. The summed E-state index contributed by atoms with van der Waals surface area (Å²) < 4.78 is 0. The van der Waals surface area contributed by atoms with Crippen LogP contribution in [0.15, 0.2) is 53.5 Å².